The molecular weight excluding hydrogens is 519 g/mol. The van der Waals surface area contributed by atoms with Crippen LogP contribution in [0.4, 0.5) is 0 Å². The highest BCUT2D eigenvalue weighted by Gasteiger charge is 2.86. The van der Waals surface area contributed by atoms with Crippen molar-refractivity contribution in [2.75, 3.05) is 0 Å². The van der Waals surface area contributed by atoms with E-state index in [2.05, 4.69) is 0 Å². The molecule has 0 amide bonds. The second-order valence-electron chi connectivity index (χ2n) is 5.78. The first-order chi connectivity index (χ1) is 11.1. The Kier molecular flexibility index (Phi) is 4.79. The molecule has 11 heteroatoms. The van der Waals surface area contributed by atoms with Crippen LogP contribution in [0.5, 0.6) is 0 Å². The molecule has 3 atom stereocenters. The molecule has 0 heterocycles. The van der Waals surface area contributed by atoms with Gasteiger partial charge < -0.3 is 10.2 Å². The van der Waals surface area contributed by atoms with Gasteiger partial charge in [-0.1, -0.05) is 106 Å². The second kappa shape index (κ2) is 5.69. The smallest absolute Gasteiger partial charge is 0.200 e. The zero-order chi connectivity index (χ0) is 19.3. The lowest BCUT2D eigenvalue weighted by Gasteiger charge is -2.64. The number of rotatable bonds is 0. The summed E-state index contributed by atoms with van der Waals surface area (Å²) in [6, 6.07) is 0. The highest BCUT2D eigenvalue weighted by Crippen LogP contribution is 2.76. The van der Waals surface area contributed by atoms with Crippen molar-refractivity contribution in [3.05, 3.63) is 47.3 Å². The van der Waals surface area contributed by atoms with E-state index in [1.165, 1.54) is 24.3 Å². The molecule has 3 unspecified atom stereocenters. The quantitative estimate of drug-likeness (QED) is 0.365. The topological polar surface area (TPSA) is 40.5 Å². The van der Waals surface area contributed by atoms with Crippen LogP contribution < -0.4 is 0 Å². The van der Waals surface area contributed by atoms with Gasteiger partial charge in [0.2, 0.25) is 0 Å². The number of hydrogen-bond donors (Lipinski definition) is 2. The largest absolute Gasteiger partial charge is 0.510 e. The SMILES string of the molecule is OC1=CC=CC2=CC=C3C(O)(Cl)C(Cl)(Cl)C(Cl)(Cl)C(Cl)(Cl)C3(Cl)C12Cl. The van der Waals surface area contributed by atoms with E-state index in [9.17, 15) is 10.2 Å². The fraction of sp³-hybridized carbons (Fsp3) is 0.429. The van der Waals surface area contributed by atoms with Gasteiger partial charge in [-0.05, 0) is 11.6 Å². The van der Waals surface area contributed by atoms with Gasteiger partial charge in [0.05, 0.1) is 0 Å². The number of aliphatic hydroxyl groups is 2. The Hall–Kier alpha value is 1.33. The van der Waals surface area contributed by atoms with E-state index in [1.807, 2.05) is 0 Å². The zero-order valence-corrected chi connectivity index (χ0v) is 18.5. The first kappa shape index (κ1) is 21.0. The average molecular weight is 526 g/mol. The van der Waals surface area contributed by atoms with Gasteiger partial charge in [0.25, 0.3) is 0 Å². The summed E-state index contributed by atoms with van der Waals surface area (Å²) in [6.45, 7) is 0. The predicted octanol–water partition coefficient (Wildman–Crippen LogP) is 6.28. The molecule has 0 aromatic heterocycles. The molecule has 3 aliphatic carbocycles. The van der Waals surface area contributed by atoms with Gasteiger partial charge in [-0.3, -0.25) is 0 Å². The highest BCUT2D eigenvalue weighted by molar-refractivity contribution is 6.74. The summed E-state index contributed by atoms with van der Waals surface area (Å²) in [5.41, 5.74) is 0.0381. The minimum atomic E-state index is -2.62. The van der Waals surface area contributed by atoms with Gasteiger partial charge in [0, 0.05) is 5.57 Å². The Morgan fingerprint density at radius 3 is 1.84 bits per heavy atom. The van der Waals surface area contributed by atoms with E-state index in [0.29, 0.717) is 5.57 Å². The van der Waals surface area contributed by atoms with Crippen molar-refractivity contribution in [3.63, 3.8) is 0 Å². The van der Waals surface area contributed by atoms with Crippen LogP contribution in [0.2, 0.25) is 0 Å². The van der Waals surface area contributed by atoms with E-state index < -0.39 is 33.6 Å². The molecule has 0 radical (unpaired) electrons. The molecule has 0 spiro atoms. The maximum atomic E-state index is 10.9. The third-order valence-corrected chi connectivity index (χ3v) is 11.1. The minimum absolute atomic E-state index is 0.274. The fourth-order valence-electron chi connectivity index (χ4n) is 3.15. The number of allylic oxidation sites excluding steroid dienone is 6. The Bertz CT molecular complexity index is 777. The molecule has 1 saturated carbocycles. The molecule has 3 aliphatic rings. The van der Waals surface area contributed by atoms with Gasteiger partial charge >= 0.3 is 0 Å². The van der Waals surface area contributed by atoms with Crippen molar-refractivity contribution in [1.29, 1.82) is 0 Å². The molecular formula is C14H7Cl9O2. The summed E-state index contributed by atoms with van der Waals surface area (Å²) < 4.78 is -7.44. The molecule has 1 fully saturated rings. The summed E-state index contributed by atoms with van der Waals surface area (Å²) in [4.78, 5) is -4.19. The molecule has 3 rings (SSSR count). The first-order valence-corrected chi connectivity index (χ1v) is 9.95. The Balaban J connectivity index is 2.46. The van der Waals surface area contributed by atoms with Crippen molar-refractivity contribution in [3.8, 4) is 0 Å². The van der Waals surface area contributed by atoms with Crippen LogP contribution in [0.15, 0.2) is 47.3 Å². The lowest BCUT2D eigenvalue weighted by Crippen LogP contribution is -2.79. The number of fused-ring (bicyclic) bond motifs is 3. The fourth-order valence-corrected chi connectivity index (χ4v) is 6.83. The summed E-state index contributed by atoms with van der Waals surface area (Å²) in [7, 11) is 0. The lowest BCUT2D eigenvalue weighted by molar-refractivity contribution is 0.0967. The van der Waals surface area contributed by atoms with E-state index in [-0.39, 0.29) is 5.57 Å². The van der Waals surface area contributed by atoms with Crippen molar-refractivity contribution >= 4 is 104 Å². The van der Waals surface area contributed by atoms with Gasteiger partial charge in [-0.15, -0.1) is 23.2 Å². The third-order valence-electron chi connectivity index (χ3n) is 4.55. The summed E-state index contributed by atoms with van der Waals surface area (Å²) in [5, 5.41) is 18.8. The van der Waals surface area contributed by atoms with Crippen LogP contribution in [0.3, 0.4) is 0 Å². The normalized spacial score (nSPS) is 43.4. The monoisotopic (exact) mass is 522 g/mol. The summed E-state index contributed by atoms with van der Waals surface area (Å²) >= 11 is 57.6. The van der Waals surface area contributed by atoms with Crippen molar-refractivity contribution in [1.82, 2.24) is 0 Å². The number of alkyl halides is 9. The molecule has 2 nitrogen and oxygen atoms in total. The molecule has 25 heavy (non-hydrogen) atoms. The number of aliphatic hydroxyl groups excluding tert-OH is 1. The average Bonchev–Trinajstić information content (AvgIpc) is 2.48. The van der Waals surface area contributed by atoms with Gasteiger partial charge in [0.15, 0.2) is 22.9 Å². The molecule has 0 bridgehead atoms. The van der Waals surface area contributed by atoms with E-state index >= 15 is 0 Å². The third kappa shape index (κ3) is 2.08. The van der Waals surface area contributed by atoms with Crippen LogP contribution in [-0.4, -0.2) is 38.0 Å². The molecule has 0 aromatic rings. The first-order valence-electron chi connectivity index (χ1n) is 6.55. The Morgan fingerprint density at radius 2 is 1.28 bits per heavy atom. The number of hydrogen-bond acceptors (Lipinski definition) is 2. The molecule has 0 aromatic carbocycles. The van der Waals surface area contributed by atoms with Gasteiger partial charge in [-0.2, -0.15) is 0 Å². The predicted molar refractivity (Wildman–Crippen MR) is 107 cm³/mol. The van der Waals surface area contributed by atoms with Gasteiger partial charge in [-0.25, -0.2) is 0 Å². The standard InChI is InChI=1S/C14H7Cl9O2/c15-9-6(2-1-3-8(9)24)4-5-7-10(9,16)12(18,19)14(22,23)13(20,21)11(7,17)25/h1-5,24-25H. The maximum absolute atomic E-state index is 10.9. The van der Waals surface area contributed by atoms with E-state index in [1.54, 1.807) is 6.08 Å². The maximum Gasteiger partial charge on any atom is 0.200 e. The molecule has 138 valence electrons. The van der Waals surface area contributed by atoms with Crippen LogP contribution in [0, 0.1) is 0 Å². The number of halogens is 9. The van der Waals surface area contributed by atoms with Crippen molar-refractivity contribution in [2.45, 2.75) is 27.8 Å². The summed E-state index contributed by atoms with van der Waals surface area (Å²) in [5.74, 6) is -0.414. The molecule has 2 N–H and O–H groups in total. The molecule has 0 saturated heterocycles. The lowest BCUT2D eigenvalue weighted by atomic mass is 9.65. The van der Waals surface area contributed by atoms with Crippen LogP contribution in [0.25, 0.3) is 0 Å². The van der Waals surface area contributed by atoms with Crippen LogP contribution >= 0.6 is 104 Å². The summed E-state index contributed by atoms with van der Waals surface area (Å²) in [6.07, 6.45) is 7.14. The van der Waals surface area contributed by atoms with E-state index in [0.717, 1.165) is 0 Å². The Morgan fingerprint density at radius 1 is 0.720 bits per heavy atom. The minimum Gasteiger partial charge on any atom is -0.510 e. The van der Waals surface area contributed by atoms with Crippen molar-refractivity contribution < 1.29 is 10.2 Å². The van der Waals surface area contributed by atoms with E-state index in [4.69, 9.17) is 104 Å². The highest BCUT2D eigenvalue weighted by atomic mass is 35.5. The van der Waals surface area contributed by atoms with Crippen molar-refractivity contribution in [2.24, 2.45) is 0 Å². The molecule has 0 aliphatic heterocycles. The second-order valence-corrected chi connectivity index (χ2v) is 11.4. The Labute approximate surface area is 188 Å². The van der Waals surface area contributed by atoms with Crippen LogP contribution in [-0.2, 0) is 0 Å². The van der Waals surface area contributed by atoms with Crippen LogP contribution in [0.1, 0.15) is 0 Å². The zero-order valence-electron chi connectivity index (χ0n) is 11.7. The van der Waals surface area contributed by atoms with Gasteiger partial charge in [0.1, 0.15) is 10.6 Å².